The molecule has 1 saturated carbocycles. The van der Waals surface area contributed by atoms with Crippen LogP contribution >= 0.6 is 0 Å². The molecule has 1 aliphatic rings. The molecule has 1 nitrogen and oxygen atoms in total. The van der Waals surface area contributed by atoms with Crippen molar-refractivity contribution in [3.8, 4) is 0 Å². The monoisotopic (exact) mass is 273 g/mol. The Morgan fingerprint density at radius 3 is 2.55 bits per heavy atom. The van der Waals surface area contributed by atoms with Gasteiger partial charge in [-0.3, -0.25) is 0 Å². The molecule has 3 atom stereocenters. The Kier molecular flexibility index (Phi) is 6.09. The maximum absolute atomic E-state index is 3.87. The fraction of sp³-hybridized carbons (Fsp3) is 0.684. The number of aryl methyl sites for hydroxylation is 1. The van der Waals surface area contributed by atoms with Crippen molar-refractivity contribution >= 4 is 0 Å². The van der Waals surface area contributed by atoms with E-state index in [4.69, 9.17) is 0 Å². The van der Waals surface area contributed by atoms with Crippen LogP contribution in [0.5, 0.6) is 0 Å². The van der Waals surface area contributed by atoms with Crippen LogP contribution in [-0.4, -0.2) is 12.1 Å². The van der Waals surface area contributed by atoms with Crippen LogP contribution in [0.4, 0.5) is 0 Å². The van der Waals surface area contributed by atoms with E-state index in [9.17, 15) is 0 Å². The van der Waals surface area contributed by atoms with E-state index >= 15 is 0 Å². The first kappa shape index (κ1) is 15.6. The highest BCUT2D eigenvalue weighted by Crippen LogP contribution is 2.30. The fourth-order valence-electron chi connectivity index (χ4n) is 3.50. The lowest BCUT2D eigenvalue weighted by Gasteiger charge is -2.34. The van der Waals surface area contributed by atoms with Crippen LogP contribution in [0.3, 0.4) is 0 Å². The highest BCUT2D eigenvalue weighted by molar-refractivity contribution is 5.14. The summed E-state index contributed by atoms with van der Waals surface area (Å²) < 4.78 is 0. The molecule has 1 heteroatoms. The molecule has 0 spiro atoms. The predicted molar refractivity (Wildman–Crippen MR) is 87.9 cm³/mol. The number of nitrogens with one attached hydrogen (secondary N) is 1. The molecule has 2 rings (SSSR count). The first-order chi connectivity index (χ1) is 9.65. The van der Waals surface area contributed by atoms with E-state index in [1.54, 1.807) is 0 Å². The van der Waals surface area contributed by atoms with Crippen molar-refractivity contribution in [1.29, 1.82) is 0 Å². The van der Waals surface area contributed by atoms with Crippen molar-refractivity contribution in [1.82, 2.24) is 5.32 Å². The van der Waals surface area contributed by atoms with Gasteiger partial charge in [-0.25, -0.2) is 0 Å². The topological polar surface area (TPSA) is 12.0 Å². The molecule has 0 bridgehead atoms. The average Bonchev–Trinajstić information content (AvgIpc) is 2.46. The highest BCUT2D eigenvalue weighted by Gasteiger charge is 2.24. The van der Waals surface area contributed by atoms with Crippen molar-refractivity contribution in [2.24, 2.45) is 11.8 Å². The van der Waals surface area contributed by atoms with Crippen LogP contribution in [0, 0.1) is 11.8 Å². The Labute approximate surface area is 125 Å². The summed E-state index contributed by atoms with van der Waals surface area (Å²) in [7, 11) is 0. The van der Waals surface area contributed by atoms with Gasteiger partial charge in [-0.05, 0) is 50.0 Å². The predicted octanol–water partition coefficient (Wildman–Crippen LogP) is 4.81. The van der Waals surface area contributed by atoms with E-state index < -0.39 is 0 Å². The number of rotatable bonds is 6. The van der Waals surface area contributed by atoms with Gasteiger partial charge in [0, 0.05) is 12.1 Å². The molecule has 0 aliphatic heterocycles. The Bertz CT molecular complexity index is 371. The summed E-state index contributed by atoms with van der Waals surface area (Å²) in [5.74, 6) is 1.78. The summed E-state index contributed by atoms with van der Waals surface area (Å²) in [6, 6.07) is 12.2. The molecule has 3 unspecified atom stereocenters. The van der Waals surface area contributed by atoms with Crippen LogP contribution < -0.4 is 5.32 Å². The summed E-state index contributed by atoms with van der Waals surface area (Å²) in [6.07, 6.45) is 8.04. The van der Waals surface area contributed by atoms with Crippen LogP contribution in [0.1, 0.15) is 58.4 Å². The zero-order valence-electron chi connectivity index (χ0n) is 13.4. The maximum atomic E-state index is 3.87. The molecular formula is C19H31N. The van der Waals surface area contributed by atoms with Gasteiger partial charge in [0.1, 0.15) is 0 Å². The molecule has 0 saturated heterocycles. The molecule has 20 heavy (non-hydrogen) atoms. The van der Waals surface area contributed by atoms with Crippen LogP contribution in [0.15, 0.2) is 30.3 Å². The van der Waals surface area contributed by atoms with Crippen LogP contribution in [0.25, 0.3) is 0 Å². The Morgan fingerprint density at radius 1 is 1.10 bits per heavy atom. The second kappa shape index (κ2) is 7.83. The van der Waals surface area contributed by atoms with Crippen molar-refractivity contribution in [3.05, 3.63) is 35.9 Å². The third-order valence-electron chi connectivity index (χ3n) is 4.89. The van der Waals surface area contributed by atoms with Crippen LogP contribution in [-0.2, 0) is 6.42 Å². The molecule has 0 amide bonds. The Morgan fingerprint density at radius 2 is 1.85 bits per heavy atom. The van der Waals surface area contributed by atoms with Crippen LogP contribution in [0.2, 0.25) is 0 Å². The fourth-order valence-corrected chi connectivity index (χ4v) is 3.50. The van der Waals surface area contributed by atoms with Gasteiger partial charge in [0.25, 0.3) is 0 Å². The second-order valence-corrected chi connectivity index (χ2v) is 6.96. The quantitative estimate of drug-likeness (QED) is 0.784. The average molecular weight is 273 g/mol. The number of benzene rings is 1. The lowest BCUT2D eigenvalue weighted by Crippen LogP contribution is -2.40. The first-order valence-corrected chi connectivity index (χ1v) is 8.45. The lowest BCUT2D eigenvalue weighted by molar-refractivity contribution is 0.220. The molecular weight excluding hydrogens is 242 g/mol. The minimum absolute atomic E-state index is 0.631. The summed E-state index contributed by atoms with van der Waals surface area (Å²) in [5.41, 5.74) is 1.46. The molecule has 1 fully saturated rings. The number of hydrogen-bond acceptors (Lipinski definition) is 1. The van der Waals surface area contributed by atoms with Gasteiger partial charge < -0.3 is 5.32 Å². The molecule has 1 aromatic carbocycles. The third-order valence-corrected chi connectivity index (χ3v) is 4.89. The first-order valence-electron chi connectivity index (χ1n) is 8.45. The molecule has 0 radical (unpaired) electrons. The summed E-state index contributed by atoms with van der Waals surface area (Å²) in [4.78, 5) is 0. The molecule has 1 aliphatic carbocycles. The Hall–Kier alpha value is -0.820. The van der Waals surface area contributed by atoms with Gasteiger partial charge in [0.15, 0.2) is 0 Å². The molecule has 0 aromatic heterocycles. The SMILES string of the molecule is CC(CCc1ccccc1)NC1CCCC(C(C)C)C1. The van der Waals surface area contributed by atoms with E-state index in [1.807, 2.05) is 0 Å². The van der Waals surface area contributed by atoms with Crippen molar-refractivity contribution in [3.63, 3.8) is 0 Å². The van der Waals surface area contributed by atoms with Crippen molar-refractivity contribution in [2.75, 3.05) is 0 Å². The van der Waals surface area contributed by atoms with Gasteiger partial charge in [-0.15, -0.1) is 0 Å². The minimum Gasteiger partial charge on any atom is -0.311 e. The molecule has 0 heterocycles. The largest absolute Gasteiger partial charge is 0.311 e. The zero-order valence-corrected chi connectivity index (χ0v) is 13.4. The second-order valence-electron chi connectivity index (χ2n) is 6.96. The van der Waals surface area contributed by atoms with Gasteiger partial charge >= 0.3 is 0 Å². The van der Waals surface area contributed by atoms with Gasteiger partial charge in [0.2, 0.25) is 0 Å². The minimum atomic E-state index is 0.631. The maximum Gasteiger partial charge on any atom is 0.00722 e. The van der Waals surface area contributed by atoms with E-state index in [2.05, 4.69) is 56.4 Å². The highest BCUT2D eigenvalue weighted by atomic mass is 14.9. The van der Waals surface area contributed by atoms with Gasteiger partial charge in [-0.1, -0.05) is 57.0 Å². The summed E-state index contributed by atoms with van der Waals surface area (Å²) >= 11 is 0. The van der Waals surface area contributed by atoms with Gasteiger partial charge in [0.05, 0.1) is 0 Å². The van der Waals surface area contributed by atoms with E-state index in [0.29, 0.717) is 6.04 Å². The smallest absolute Gasteiger partial charge is 0.00722 e. The molecule has 1 aromatic rings. The third kappa shape index (κ3) is 4.94. The Balaban J connectivity index is 1.72. The number of hydrogen-bond donors (Lipinski definition) is 1. The molecule has 1 N–H and O–H groups in total. The summed E-state index contributed by atoms with van der Waals surface area (Å²) in [6.45, 7) is 7.11. The normalized spacial score (nSPS) is 24.8. The standard InChI is InChI=1S/C19H31N/c1-15(2)18-10-7-11-19(14-18)20-16(3)12-13-17-8-5-4-6-9-17/h4-6,8-9,15-16,18-20H,7,10-14H2,1-3H3. The van der Waals surface area contributed by atoms with E-state index in [0.717, 1.165) is 17.9 Å². The summed E-state index contributed by atoms with van der Waals surface area (Å²) in [5, 5.41) is 3.87. The van der Waals surface area contributed by atoms with Crippen molar-refractivity contribution in [2.45, 2.75) is 71.4 Å². The van der Waals surface area contributed by atoms with Gasteiger partial charge in [-0.2, -0.15) is 0 Å². The molecule has 112 valence electrons. The van der Waals surface area contributed by atoms with E-state index in [1.165, 1.54) is 44.1 Å². The lowest BCUT2D eigenvalue weighted by atomic mass is 9.79. The zero-order chi connectivity index (χ0) is 14.4. The van der Waals surface area contributed by atoms with E-state index in [-0.39, 0.29) is 0 Å². The van der Waals surface area contributed by atoms with Crippen molar-refractivity contribution < 1.29 is 0 Å².